The molecule has 3 N–H and O–H groups in total. The molecule has 0 saturated heterocycles. The Labute approximate surface area is 81.3 Å². The molecule has 2 rings (SSSR count). The van der Waals surface area contributed by atoms with Crippen LogP contribution in [0.1, 0.15) is 5.56 Å². The number of carbonyl (C=O) groups is 1. The van der Waals surface area contributed by atoms with Crippen LogP contribution in [-0.2, 0) is 11.2 Å². The fourth-order valence-electron chi connectivity index (χ4n) is 1.53. The molecule has 0 fully saturated rings. The summed E-state index contributed by atoms with van der Waals surface area (Å²) in [5, 5.41) is 8.92. The van der Waals surface area contributed by atoms with Gasteiger partial charge in [0.2, 0.25) is 0 Å². The van der Waals surface area contributed by atoms with Gasteiger partial charge < -0.3 is 15.6 Å². The highest BCUT2D eigenvalue weighted by Gasteiger charge is 2.39. The SMILES string of the molecule is NC1(C(=O)O)COc2ccccc2C1. The van der Waals surface area contributed by atoms with E-state index in [0.717, 1.165) is 11.3 Å². The van der Waals surface area contributed by atoms with E-state index < -0.39 is 11.5 Å². The van der Waals surface area contributed by atoms with Gasteiger partial charge in [-0.2, -0.15) is 0 Å². The largest absolute Gasteiger partial charge is 0.491 e. The number of rotatable bonds is 1. The first-order valence-corrected chi connectivity index (χ1v) is 4.35. The molecular weight excluding hydrogens is 182 g/mol. The Balaban J connectivity index is 2.34. The van der Waals surface area contributed by atoms with Crippen LogP contribution in [0.25, 0.3) is 0 Å². The van der Waals surface area contributed by atoms with Crippen molar-refractivity contribution in [1.29, 1.82) is 0 Å². The van der Waals surface area contributed by atoms with Crippen LogP contribution in [0.15, 0.2) is 24.3 Å². The first-order valence-electron chi connectivity index (χ1n) is 4.35. The lowest BCUT2D eigenvalue weighted by Crippen LogP contribution is -2.56. The van der Waals surface area contributed by atoms with Gasteiger partial charge in [-0.3, -0.25) is 4.79 Å². The van der Waals surface area contributed by atoms with E-state index in [0.29, 0.717) is 6.42 Å². The predicted molar refractivity (Wildman–Crippen MR) is 50.2 cm³/mol. The average Bonchev–Trinajstić information content (AvgIpc) is 2.17. The number of aliphatic carboxylic acids is 1. The smallest absolute Gasteiger partial charge is 0.327 e. The number of ether oxygens (including phenoxy) is 1. The first kappa shape index (κ1) is 9.02. The lowest BCUT2D eigenvalue weighted by molar-refractivity contribution is -0.145. The first-order chi connectivity index (χ1) is 6.62. The number of nitrogens with two attached hydrogens (primary N) is 1. The molecule has 4 nitrogen and oxygen atoms in total. The number of carboxylic acid groups (broad SMARTS) is 1. The highest BCUT2D eigenvalue weighted by Crippen LogP contribution is 2.27. The van der Waals surface area contributed by atoms with Crippen LogP contribution in [0.3, 0.4) is 0 Å². The van der Waals surface area contributed by atoms with E-state index >= 15 is 0 Å². The number of para-hydroxylation sites is 1. The van der Waals surface area contributed by atoms with Crippen molar-refractivity contribution in [2.45, 2.75) is 12.0 Å². The van der Waals surface area contributed by atoms with E-state index in [1.807, 2.05) is 24.3 Å². The molecule has 0 saturated carbocycles. The number of carboxylic acids is 1. The maximum atomic E-state index is 10.9. The van der Waals surface area contributed by atoms with Gasteiger partial charge in [0.25, 0.3) is 0 Å². The lowest BCUT2D eigenvalue weighted by Gasteiger charge is -2.30. The minimum absolute atomic E-state index is 0.0271. The van der Waals surface area contributed by atoms with Crippen molar-refractivity contribution in [2.75, 3.05) is 6.61 Å². The van der Waals surface area contributed by atoms with Crippen LogP contribution in [-0.4, -0.2) is 23.2 Å². The molecule has 74 valence electrons. The second kappa shape index (κ2) is 2.99. The molecule has 0 radical (unpaired) electrons. The summed E-state index contributed by atoms with van der Waals surface area (Å²) in [4.78, 5) is 10.9. The predicted octanol–water partition coefficient (Wildman–Crippen LogP) is 0.404. The van der Waals surface area contributed by atoms with Gasteiger partial charge in [-0.15, -0.1) is 0 Å². The van der Waals surface area contributed by atoms with Gasteiger partial charge in [0.15, 0.2) is 5.54 Å². The molecule has 0 bridgehead atoms. The molecule has 1 unspecified atom stereocenters. The zero-order valence-electron chi connectivity index (χ0n) is 7.56. The molecule has 1 atom stereocenters. The molecule has 1 aliphatic rings. The van der Waals surface area contributed by atoms with Crippen LogP contribution in [0.2, 0.25) is 0 Å². The zero-order chi connectivity index (χ0) is 10.2. The van der Waals surface area contributed by atoms with E-state index in [1.165, 1.54) is 0 Å². The van der Waals surface area contributed by atoms with Crippen molar-refractivity contribution in [3.8, 4) is 5.75 Å². The molecular formula is C10H11NO3. The number of hydrogen-bond donors (Lipinski definition) is 2. The van der Waals surface area contributed by atoms with Gasteiger partial charge in [-0.05, 0) is 11.6 Å². The van der Waals surface area contributed by atoms with Crippen molar-refractivity contribution >= 4 is 5.97 Å². The zero-order valence-corrected chi connectivity index (χ0v) is 7.56. The van der Waals surface area contributed by atoms with Crippen LogP contribution < -0.4 is 10.5 Å². The fraction of sp³-hybridized carbons (Fsp3) is 0.300. The van der Waals surface area contributed by atoms with Crippen LogP contribution >= 0.6 is 0 Å². The summed E-state index contributed by atoms with van der Waals surface area (Å²) in [5.41, 5.74) is 5.26. The maximum absolute atomic E-state index is 10.9. The minimum atomic E-state index is -1.28. The molecule has 1 aliphatic heterocycles. The fourth-order valence-corrected chi connectivity index (χ4v) is 1.53. The van der Waals surface area contributed by atoms with E-state index in [4.69, 9.17) is 15.6 Å². The summed E-state index contributed by atoms with van der Waals surface area (Å²) in [6, 6.07) is 7.34. The summed E-state index contributed by atoms with van der Waals surface area (Å²) in [7, 11) is 0. The summed E-state index contributed by atoms with van der Waals surface area (Å²) in [5.74, 6) is -0.290. The second-order valence-electron chi connectivity index (χ2n) is 3.53. The van der Waals surface area contributed by atoms with E-state index in [1.54, 1.807) is 0 Å². The molecule has 0 aliphatic carbocycles. The third-order valence-corrected chi connectivity index (χ3v) is 2.39. The molecule has 0 aromatic heterocycles. The summed E-state index contributed by atoms with van der Waals surface area (Å²) < 4.78 is 5.29. The quantitative estimate of drug-likeness (QED) is 0.677. The van der Waals surface area contributed by atoms with Crippen LogP contribution in [0.4, 0.5) is 0 Å². The standard InChI is InChI=1S/C10H11NO3/c11-10(9(12)13)5-7-3-1-2-4-8(7)14-6-10/h1-4H,5-6,11H2,(H,12,13). The lowest BCUT2D eigenvalue weighted by atomic mass is 9.90. The third-order valence-electron chi connectivity index (χ3n) is 2.39. The molecule has 1 aromatic carbocycles. The van der Waals surface area contributed by atoms with E-state index in [9.17, 15) is 4.79 Å². The summed E-state index contributed by atoms with van der Waals surface area (Å²) in [6.45, 7) is 0.0271. The van der Waals surface area contributed by atoms with Crippen LogP contribution in [0.5, 0.6) is 5.75 Å². The van der Waals surface area contributed by atoms with Crippen molar-refractivity contribution in [3.05, 3.63) is 29.8 Å². The van der Waals surface area contributed by atoms with Crippen molar-refractivity contribution in [2.24, 2.45) is 5.73 Å². The van der Waals surface area contributed by atoms with Crippen molar-refractivity contribution in [1.82, 2.24) is 0 Å². The Hall–Kier alpha value is -1.55. The summed E-state index contributed by atoms with van der Waals surface area (Å²) in [6.07, 6.45) is 0.318. The Morgan fingerprint density at radius 3 is 2.93 bits per heavy atom. The highest BCUT2D eigenvalue weighted by molar-refractivity contribution is 5.79. The average molecular weight is 193 g/mol. The van der Waals surface area contributed by atoms with Gasteiger partial charge in [-0.1, -0.05) is 18.2 Å². The van der Waals surface area contributed by atoms with Crippen molar-refractivity contribution < 1.29 is 14.6 Å². The second-order valence-corrected chi connectivity index (χ2v) is 3.53. The van der Waals surface area contributed by atoms with E-state index in [2.05, 4.69) is 0 Å². The normalized spacial score (nSPS) is 24.9. The topological polar surface area (TPSA) is 72.6 Å². The van der Waals surface area contributed by atoms with Crippen LogP contribution in [0, 0.1) is 0 Å². The molecule has 14 heavy (non-hydrogen) atoms. The Bertz CT molecular complexity index is 377. The molecule has 0 spiro atoms. The third kappa shape index (κ3) is 1.33. The van der Waals surface area contributed by atoms with Gasteiger partial charge in [0, 0.05) is 6.42 Å². The Morgan fingerprint density at radius 1 is 1.50 bits per heavy atom. The maximum Gasteiger partial charge on any atom is 0.327 e. The van der Waals surface area contributed by atoms with Gasteiger partial charge in [-0.25, -0.2) is 0 Å². The van der Waals surface area contributed by atoms with Gasteiger partial charge in [0.05, 0.1) is 0 Å². The van der Waals surface area contributed by atoms with Crippen molar-refractivity contribution in [3.63, 3.8) is 0 Å². The van der Waals surface area contributed by atoms with Gasteiger partial charge in [0.1, 0.15) is 12.4 Å². The molecule has 1 aromatic rings. The number of benzene rings is 1. The summed E-state index contributed by atoms with van der Waals surface area (Å²) >= 11 is 0. The molecule has 0 amide bonds. The van der Waals surface area contributed by atoms with Gasteiger partial charge >= 0.3 is 5.97 Å². The molecule has 1 heterocycles. The molecule has 4 heteroatoms. The monoisotopic (exact) mass is 193 g/mol. The number of hydrogen-bond acceptors (Lipinski definition) is 3. The minimum Gasteiger partial charge on any atom is -0.491 e. The Morgan fingerprint density at radius 2 is 2.21 bits per heavy atom. The highest BCUT2D eigenvalue weighted by atomic mass is 16.5. The number of fused-ring (bicyclic) bond motifs is 1. The Kier molecular flexibility index (Phi) is 1.93. The van der Waals surface area contributed by atoms with E-state index in [-0.39, 0.29) is 6.61 Å².